The number of nitrogens with one attached hydrogen (secondary N) is 1. The van der Waals surface area contributed by atoms with Gasteiger partial charge in [-0.05, 0) is 46.3 Å². The number of hydrogen-bond donors (Lipinski definition) is 1. The molecule has 2 aromatic carbocycles. The van der Waals surface area contributed by atoms with Crippen molar-refractivity contribution in [3.05, 3.63) is 55.9 Å². The molecule has 2 aromatic rings. The van der Waals surface area contributed by atoms with E-state index in [0.29, 0.717) is 15.2 Å². The fraction of sp³-hybridized carbons (Fsp3) is 0. The standard InChI is InChI=1S/C12H7BrCl3NO2S/c13-12-9(16)2-1-3-10(12)17-20(18,19)11-6-7(14)4-5-8(11)15/h1-6,17H. The minimum atomic E-state index is -3.86. The van der Waals surface area contributed by atoms with Gasteiger partial charge in [-0.2, -0.15) is 0 Å². The Morgan fingerprint density at radius 2 is 1.70 bits per heavy atom. The summed E-state index contributed by atoms with van der Waals surface area (Å²) in [6, 6.07) is 9.06. The zero-order valence-corrected chi connectivity index (χ0v) is 14.4. The van der Waals surface area contributed by atoms with Crippen molar-refractivity contribution in [1.29, 1.82) is 0 Å². The Labute approximate surface area is 140 Å². The van der Waals surface area contributed by atoms with Crippen molar-refractivity contribution < 1.29 is 8.42 Å². The summed E-state index contributed by atoms with van der Waals surface area (Å²) >= 11 is 20.8. The fourth-order valence-electron chi connectivity index (χ4n) is 1.47. The number of anilines is 1. The maximum atomic E-state index is 12.3. The van der Waals surface area contributed by atoms with Gasteiger partial charge in [0.1, 0.15) is 4.90 Å². The lowest BCUT2D eigenvalue weighted by Crippen LogP contribution is -2.14. The summed E-state index contributed by atoms with van der Waals surface area (Å²) in [5.41, 5.74) is 0.313. The molecule has 0 aliphatic carbocycles. The number of halogens is 4. The van der Waals surface area contributed by atoms with Gasteiger partial charge in [-0.15, -0.1) is 0 Å². The summed E-state index contributed by atoms with van der Waals surface area (Å²) in [5.74, 6) is 0. The molecule has 106 valence electrons. The zero-order valence-electron chi connectivity index (χ0n) is 9.70. The van der Waals surface area contributed by atoms with E-state index in [-0.39, 0.29) is 14.9 Å². The number of rotatable bonds is 3. The van der Waals surface area contributed by atoms with Crippen molar-refractivity contribution in [2.75, 3.05) is 4.72 Å². The van der Waals surface area contributed by atoms with Gasteiger partial charge in [0.05, 0.1) is 20.2 Å². The van der Waals surface area contributed by atoms with E-state index in [2.05, 4.69) is 20.7 Å². The summed E-state index contributed by atoms with van der Waals surface area (Å²) in [6.07, 6.45) is 0. The Bertz CT molecular complexity index is 765. The third kappa shape index (κ3) is 3.40. The Morgan fingerprint density at radius 3 is 2.40 bits per heavy atom. The van der Waals surface area contributed by atoms with E-state index in [1.165, 1.54) is 18.2 Å². The van der Waals surface area contributed by atoms with Crippen LogP contribution in [0.5, 0.6) is 0 Å². The van der Waals surface area contributed by atoms with Crippen LogP contribution in [0.4, 0.5) is 5.69 Å². The summed E-state index contributed by atoms with van der Waals surface area (Å²) in [6.45, 7) is 0. The van der Waals surface area contributed by atoms with Crippen molar-refractivity contribution in [2.45, 2.75) is 4.90 Å². The first kappa shape index (κ1) is 15.9. The van der Waals surface area contributed by atoms with E-state index in [1.54, 1.807) is 18.2 Å². The first-order chi connectivity index (χ1) is 9.31. The zero-order chi connectivity index (χ0) is 14.9. The van der Waals surface area contributed by atoms with E-state index in [1.807, 2.05) is 0 Å². The molecule has 0 aliphatic heterocycles. The highest BCUT2D eigenvalue weighted by Crippen LogP contribution is 2.33. The Morgan fingerprint density at radius 1 is 1.00 bits per heavy atom. The van der Waals surface area contributed by atoms with Crippen LogP contribution in [0.2, 0.25) is 15.1 Å². The van der Waals surface area contributed by atoms with Crippen LogP contribution in [-0.4, -0.2) is 8.42 Å². The average Bonchev–Trinajstić information content (AvgIpc) is 2.37. The molecular formula is C12H7BrCl3NO2S. The van der Waals surface area contributed by atoms with E-state index in [9.17, 15) is 8.42 Å². The van der Waals surface area contributed by atoms with E-state index < -0.39 is 10.0 Å². The molecule has 0 unspecified atom stereocenters. The van der Waals surface area contributed by atoms with Gasteiger partial charge >= 0.3 is 0 Å². The van der Waals surface area contributed by atoms with Gasteiger partial charge in [-0.1, -0.05) is 40.9 Å². The third-order valence-corrected chi connectivity index (χ3v) is 5.86. The van der Waals surface area contributed by atoms with Crippen LogP contribution in [0.15, 0.2) is 45.8 Å². The molecule has 0 heterocycles. The number of hydrogen-bond acceptors (Lipinski definition) is 2. The molecule has 0 bridgehead atoms. The molecule has 1 N–H and O–H groups in total. The maximum absolute atomic E-state index is 12.3. The molecule has 0 aromatic heterocycles. The van der Waals surface area contributed by atoms with Crippen LogP contribution in [0, 0.1) is 0 Å². The first-order valence-electron chi connectivity index (χ1n) is 5.23. The molecule has 0 atom stereocenters. The SMILES string of the molecule is O=S(=O)(Nc1cccc(Cl)c1Br)c1cc(Cl)ccc1Cl. The minimum absolute atomic E-state index is 0.0834. The van der Waals surface area contributed by atoms with Gasteiger partial charge in [0, 0.05) is 5.02 Å². The van der Waals surface area contributed by atoms with Gasteiger partial charge in [0.25, 0.3) is 10.0 Å². The van der Waals surface area contributed by atoms with Gasteiger partial charge in [-0.25, -0.2) is 8.42 Å². The average molecular weight is 416 g/mol. The minimum Gasteiger partial charge on any atom is -0.278 e. The Hall–Kier alpha value is -0.460. The van der Waals surface area contributed by atoms with Gasteiger partial charge < -0.3 is 0 Å². The lowest BCUT2D eigenvalue weighted by Gasteiger charge is -2.11. The van der Waals surface area contributed by atoms with Crippen molar-refractivity contribution in [3.8, 4) is 0 Å². The molecule has 0 radical (unpaired) electrons. The second-order valence-electron chi connectivity index (χ2n) is 3.78. The van der Waals surface area contributed by atoms with E-state index >= 15 is 0 Å². The molecule has 0 amide bonds. The van der Waals surface area contributed by atoms with Crippen LogP contribution in [-0.2, 0) is 10.0 Å². The van der Waals surface area contributed by atoms with Crippen molar-refractivity contribution in [3.63, 3.8) is 0 Å². The molecule has 0 spiro atoms. The quantitative estimate of drug-likeness (QED) is 0.748. The summed E-state index contributed by atoms with van der Waals surface area (Å²) < 4.78 is 27.5. The Balaban J connectivity index is 2.46. The van der Waals surface area contributed by atoms with Crippen LogP contribution in [0.1, 0.15) is 0 Å². The third-order valence-electron chi connectivity index (χ3n) is 2.38. The van der Waals surface area contributed by atoms with Crippen LogP contribution < -0.4 is 4.72 Å². The van der Waals surface area contributed by atoms with Gasteiger partial charge in [0.15, 0.2) is 0 Å². The molecule has 0 fully saturated rings. The van der Waals surface area contributed by atoms with Crippen LogP contribution in [0.3, 0.4) is 0 Å². The molecule has 20 heavy (non-hydrogen) atoms. The molecule has 0 saturated carbocycles. The molecule has 0 aliphatic rings. The smallest absolute Gasteiger partial charge is 0.263 e. The normalized spacial score (nSPS) is 11.4. The van der Waals surface area contributed by atoms with Crippen molar-refractivity contribution in [1.82, 2.24) is 0 Å². The van der Waals surface area contributed by atoms with Crippen LogP contribution in [0.25, 0.3) is 0 Å². The highest BCUT2D eigenvalue weighted by molar-refractivity contribution is 9.10. The highest BCUT2D eigenvalue weighted by Gasteiger charge is 2.20. The summed E-state index contributed by atoms with van der Waals surface area (Å²) in [4.78, 5) is -0.0986. The Kier molecular flexibility index (Phi) is 4.87. The molecule has 0 saturated heterocycles. The van der Waals surface area contributed by atoms with Crippen molar-refractivity contribution >= 4 is 66.4 Å². The lowest BCUT2D eigenvalue weighted by atomic mass is 10.3. The maximum Gasteiger partial charge on any atom is 0.263 e. The molecule has 2 rings (SSSR count). The number of benzene rings is 2. The van der Waals surface area contributed by atoms with E-state index in [0.717, 1.165) is 0 Å². The van der Waals surface area contributed by atoms with Crippen molar-refractivity contribution in [2.24, 2.45) is 0 Å². The predicted molar refractivity (Wildman–Crippen MR) is 86.4 cm³/mol. The van der Waals surface area contributed by atoms with Crippen LogP contribution >= 0.6 is 50.7 Å². The van der Waals surface area contributed by atoms with Gasteiger partial charge in [-0.3, -0.25) is 4.72 Å². The van der Waals surface area contributed by atoms with Gasteiger partial charge in [0.2, 0.25) is 0 Å². The molecular weight excluding hydrogens is 408 g/mol. The monoisotopic (exact) mass is 413 g/mol. The first-order valence-corrected chi connectivity index (χ1v) is 8.64. The van der Waals surface area contributed by atoms with E-state index in [4.69, 9.17) is 34.8 Å². The molecule has 8 heteroatoms. The summed E-state index contributed by atoms with van der Waals surface area (Å²) in [7, 11) is -3.86. The predicted octanol–water partition coefficient (Wildman–Crippen LogP) is 5.21. The second-order valence-corrected chi connectivity index (χ2v) is 7.48. The highest BCUT2D eigenvalue weighted by atomic mass is 79.9. The number of sulfonamides is 1. The second kappa shape index (κ2) is 6.12. The molecule has 3 nitrogen and oxygen atoms in total. The lowest BCUT2D eigenvalue weighted by molar-refractivity contribution is 0.601. The summed E-state index contributed by atoms with van der Waals surface area (Å²) in [5, 5.41) is 0.752. The fourth-order valence-corrected chi connectivity index (χ4v) is 3.97. The largest absolute Gasteiger partial charge is 0.278 e. The topological polar surface area (TPSA) is 46.2 Å².